The number of carbonyl (C=O) groups is 1. The molecule has 25 heavy (non-hydrogen) atoms. The number of benzene rings is 2. The lowest BCUT2D eigenvalue weighted by atomic mass is 10.1. The van der Waals surface area contributed by atoms with E-state index in [0.717, 1.165) is 16.5 Å². The number of hydrogen-bond acceptors (Lipinski definition) is 2. The lowest BCUT2D eigenvalue weighted by Gasteiger charge is -2.04. The molecular weight excluding hydrogens is 314 g/mol. The van der Waals surface area contributed by atoms with E-state index in [2.05, 4.69) is 53.1 Å². The Kier molecular flexibility index (Phi) is 4.86. The van der Waals surface area contributed by atoms with E-state index < -0.39 is 12.0 Å². The van der Waals surface area contributed by atoms with Gasteiger partial charge in [-0.15, -0.1) is 0 Å². The molecule has 2 aromatic carbocycles. The normalized spacial score (nSPS) is 11.9. The van der Waals surface area contributed by atoms with E-state index in [1.807, 2.05) is 30.5 Å². The molecule has 0 saturated heterocycles. The molecule has 128 valence electrons. The fourth-order valence-corrected chi connectivity index (χ4v) is 2.85. The third-order valence-corrected chi connectivity index (χ3v) is 4.23. The van der Waals surface area contributed by atoms with Gasteiger partial charge in [0.1, 0.15) is 6.04 Å². The van der Waals surface area contributed by atoms with Crippen molar-refractivity contribution in [2.75, 3.05) is 0 Å². The first kappa shape index (κ1) is 16.8. The van der Waals surface area contributed by atoms with Crippen LogP contribution in [0.1, 0.15) is 5.56 Å². The molecule has 2 aromatic heterocycles. The molecule has 4 aromatic rings. The average molecular weight is 335 g/mol. The van der Waals surface area contributed by atoms with Gasteiger partial charge >= 0.3 is 5.97 Å². The molecular formula is C20H21N3O2. The Hall–Kier alpha value is -3.05. The quantitative estimate of drug-likeness (QED) is 0.537. The number of carboxylic acid groups (broad SMARTS) is 1. The minimum Gasteiger partial charge on any atom is -0.480 e. The highest BCUT2D eigenvalue weighted by atomic mass is 16.4. The molecule has 0 aliphatic carbocycles. The van der Waals surface area contributed by atoms with Crippen molar-refractivity contribution in [1.82, 2.24) is 9.55 Å². The number of rotatable bonds is 3. The average Bonchev–Trinajstić information content (AvgIpc) is 3.20. The number of carboxylic acids is 1. The molecule has 0 amide bonds. The fraction of sp³-hybridized carbons (Fsp3) is 0.150. The van der Waals surface area contributed by atoms with Gasteiger partial charge in [0.15, 0.2) is 0 Å². The second-order valence-electron chi connectivity index (χ2n) is 5.99. The van der Waals surface area contributed by atoms with Gasteiger partial charge in [-0.3, -0.25) is 4.79 Å². The van der Waals surface area contributed by atoms with Gasteiger partial charge in [-0.2, -0.15) is 0 Å². The molecule has 4 rings (SSSR count). The summed E-state index contributed by atoms with van der Waals surface area (Å²) in [5.41, 5.74) is 8.73. The number of nitrogens with zero attached hydrogens (tertiary/aromatic N) is 1. The van der Waals surface area contributed by atoms with E-state index in [1.54, 1.807) is 0 Å². The molecule has 0 saturated carbocycles. The highest BCUT2D eigenvalue weighted by Gasteiger charge is 2.14. The Morgan fingerprint density at radius 1 is 1.16 bits per heavy atom. The maximum atomic E-state index is 10.6. The van der Waals surface area contributed by atoms with Gasteiger partial charge in [-0.25, -0.2) is 0 Å². The van der Waals surface area contributed by atoms with Gasteiger partial charge in [-0.05, 0) is 29.1 Å². The Morgan fingerprint density at radius 2 is 1.88 bits per heavy atom. The van der Waals surface area contributed by atoms with Crippen LogP contribution in [0.2, 0.25) is 0 Å². The molecule has 0 aliphatic rings. The van der Waals surface area contributed by atoms with Crippen LogP contribution in [0.15, 0.2) is 67.0 Å². The summed E-state index contributed by atoms with van der Waals surface area (Å²) in [5.74, 6) is -0.972. The number of hydrogen-bond donors (Lipinski definition) is 3. The smallest absolute Gasteiger partial charge is 0.320 e. The van der Waals surface area contributed by atoms with Crippen LogP contribution in [-0.4, -0.2) is 26.7 Å². The summed E-state index contributed by atoms with van der Waals surface area (Å²) in [7, 11) is 2.06. The maximum Gasteiger partial charge on any atom is 0.320 e. The molecule has 1 atom stereocenters. The van der Waals surface area contributed by atoms with E-state index in [4.69, 9.17) is 10.8 Å². The molecule has 0 bridgehead atoms. The molecule has 2 heterocycles. The van der Waals surface area contributed by atoms with Crippen LogP contribution in [0.4, 0.5) is 0 Å². The van der Waals surface area contributed by atoms with Crippen molar-refractivity contribution in [2.45, 2.75) is 12.5 Å². The Morgan fingerprint density at radius 3 is 2.64 bits per heavy atom. The largest absolute Gasteiger partial charge is 0.480 e. The van der Waals surface area contributed by atoms with Gasteiger partial charge < -0.3 is 20.4 Å². The van der Waals surface area contributed by atoms with E-state index in [0.29, 0.717) is 6.42 Å². The summed E-state index contributed by atoms with van der Waals surface area (Å²) in [5, 5.41) is 11.1. The Balaban J connectivity index is 0.000000157. The second-order valence-corrected chi connectivity index (χ2v) is 5.99. The molecule has 1 unspecified atom stereocenters. The number of nitrogens with two attached hydrogens (primary N) is 1. The molecule has 4 N–H and O–H groups in total. The van der Waals surface area contributed by atoms with Crippen LogP contribution in [0.3, 0.4) is 0 Å². The summed E-state index contributed by atoms with van der Waals surface area (Å²) in [4.78, 5) is 13.7. The van der Waals surface area contributed by atoms with Crippen molar-refractivity contribution >= 4 is 27.8 Å². The predicted molar refractivity (Wildman–Crippen MR) is 101 cm³/mol. The SMILES string of the molecule is Cn1ccc2ccccc21.NC(Cc1c[nH]c2ccccc12)C(=O)O. The van der Waals surface area contributed by atoms with Crippen LogP contribution in [0.5, 0.6) is 0 Å². The number of H-pyrrole nitrogens is 1. The summed E-state index contributed by atoms with van der Waals surface area (Å²) in [6.45, 7) is 0. The first-order chi connectivity index (χ1) is 12.1. The highest BCUT2D eigenvalue weighted by Crippen LogP contribution is 2.18. The standard InChI is InChI=1S/C11H12N2O2.C9H9N/c12-9(11(14)15)5-7-6-13-10-4-2-1-3-8(7)10;1-10-7-6-8-4-2-3-5-9(8)10/h1-4,6,9,13H,5,12H2,(H,14,15);2-7H,1H3. The topological polar surface area (TPSA) is 84.0 Å². The van der Waals surface area contributed by atoms with E-state index in [1.165, 1.54) is 10.9 Å². The molecule has 0 radical (unpaired) electrons. The maximum absolute atomic E-state index is 10.6. The van der Waals surface area contributed by atoms with E-state index >= 15 is 0 Å². The predicted octanol–water partition coefficient (Wildman–Crippen LogP) is 3.30. The Bertz CT molecular complexity index is 1000. The van der Waals surface area contributed by atoms with Crippen LogP contribution in [0.25, 0.3) is 21.8 Å². The lowest BCUT2D eigenvalue weighted by Crippen LogP contribution is -2.32. The molecule has 0 spiro atoms. The van der Waals surface area contributed by atoms with Crippen molar-refractivity contribution in [3.05, 3.63) is 72.6 Å². The van der Waals surface area contributed by atoms with Crippen molar-refractivity contribution in [3.63, 3.8) is 0 Å². The molecule has 5 heteroatoms. The molecule has 0 aliphatic heterocycles. The van der Waals surface area contributed by atoms with Crippen LogP contribution >= 0.6 is 0 Å². The molecule has 5 nitrogen and oxygen atoms in total. The first-order valence-corrected chi connectivity index (χ1v) is 8.09. The zero-order valence-corrected chi connectivity index (χ0v) is 14.0. The van der Waals surface area contributed by atoms with Crippen molar-refractivity contribution in [3.8, 4) is 0 Å². The number of aromatic nitrogens is 2. The number of aliphatic carboxylic acids is 1. The van der Waals surface area contributed by atoms with Crippen LogP contribution in [0, 0.1) is 0 Å². The minimum atomic E-state index is -0.972. The van der Waals surface area contributed by atoms with Gasteiger partial charge in [0.25, 0.3) is 0 Å². The first-order valence-electron chi connectivity index (χ1n) is 8.09. The van der Waals surface area contributed by atoms with Gasteiger partial charge in [0.2, 0.25) is 0 Å². The lowest BCUT2D eigenvalue weighted by molar-refractivity contribution is -0.138. The number of fused-ring (bicyclic) bond motifs is 2. The summed E-state index contributed by atoms with van der Waals surface area (Å²) < 4.78 is 2.12. The van der Waals surface area contributed by atoms with E-state index in [-0.39, 0.29) is 0 Å². The third-order valence-electron chi connectivity index (χ3n) is 4.23. The third kappa shape index (κ3) is 3.72. The zero-order chi connectivity index (χ0) is 17.8. The second kappa shape index (κ2) is 7.23. The fourth-order valence-electron chi connectivity index (χ4n) is 2.85. The van der Waals surface area contributed by atoms with Crippen molar-refractivity contribution < 1.29 is 9.90 Å². The van der Waals surface area contributed by atoms with Gasteiger partial charge in [-0.1, -0.05) is 36.4 Å². The number of aromatic amines is 1. The van der Waals surface area contributed by atoms with Crippen molar-refractivity contribution in [1.29, 1.82) is 0 Å². The van der Waals surface area contributed by atoms with Crippen molar-refractivity contribution in [2.24, 2.45) is 12.8 Å². The van der Waals surface area contributed by atoms with Crippen LogP contribution in [-0.2, 0) is 18.3 Å². The summed E-state index contributed by atoms with van der Waals surface area (Å²) >= 11 is 0. The monoisotopic (exact) mass is 335 g/mol. The van der Waals surface area contributed by atoms with Crippen LogP contribution < -0.4 is 5.73 Å². The summed E-state index contributed by atoms with van der Waals surface area (Å²) in [6.07, 6.45) is 4.23. The number of aryl methyl sites for hydroxylation is 1. The van der Waals surface area contributed by atoms with Gasteiger partial charge in [0.05, 0.1) is 0 Å². The zero-order valence-electron chi connectivity index (χ0n) is 14.0. The minimum absolute atomic E-state index is 0.347. The van der Waals surface area contributed by atoms with E-state index in [9.17, 15) is 4.79 Å². The number of para-hydroxylation sites is 2. The Labute approximate surface area is 145 Å². The highest BCUT2D eigenvalue weighted by molar-refractivity contribution is 5.84. The number of nitrogens with one attached hydrogen (secondary N) is 1. The molecule has 0 fully saturated rings. The van der Waals surface area contributed by atoms with Gasteiger partial charge in [0, 0.05) is 42.3 Å². The summed E-state index contributed by atoms with van der Waals surface area (Å²) in [6, 6.07) is 17.4.